The van der Waals surface area contributed by atoms with Gasteiger partial charge in [-0.3, -0.25) is 9.69 Å². The Hall–Kier alpha value is -1.62. The van der Waals surface area contributed by atoms with E-state index in [2.05, 4.69) is 34.1 Å². The maximum Gasteiger partial charge on any atom is 0.226 e. The van der Waals surface area contributed by atoms with Crippen LogP contribution < -0.4 is 0 Å². The fourth-order valence-electron chi connectivity index (χ4n) is 3.10. The van der Waals surface area contributed by atoms with Gasteiger partial charge in [0.05, 0.1) is 6.04 Å². The summed E-state index contributed by atoms with van der Waals surface area (Å²) in [7, 11) is 2.10. The van der Waals surface area contributed by atoms with Gasteiger partial charge in [0.1, 0.15) is 5.82 Å². The lowest BCUT2D eigenvalue weighted by Gasteiger charge is -2.40. The van der Waals surface area contributed by atoms with Crippen molar-refractivity contribution >= 4 is 5.91 Å². The van der Waals surface area contributed by atoms with Gasteiger partial charge in [-0.05, 0) is 26.3 Å². The minimum Gasteiger partial charge on any atom is -0.347 e. The number of hydrogen-bond acceptors (Lipinski definition) is 3. The Bertz CT molecular complexity index is 482. The number of rotatable bonds is 2. The monoisotopic (exact) mass is 274 g/mol. The molecular weight excluding hydrogens is 252 g/mol. The standard InChI is InChI=1S/C15H22N4O/c1-18-9-10-19(11-13(18)14-16-7-8-17-14)15(20)12-5-3-2-4-6-12/h2-3,7-8,12-13H,4-6,9-11H2,1H3,(H,16,17)/t12-,13+/m0/s1. The van der Waals surface area contributed by atoms with E-state index in [0.29, 0.717) is 5.91 Å². The van der Waals surface area contributed by atoms with E-state index in [-0.39, 0.29) is 12.0 Å². The van der Waals surface area contributed by atoms with Gasteiger partial charge in [0.15, 0.2) is 0 Å². The number of aromatic amines is 1. The number of H-pyrrole nitrogens is 1. The largest absolute Gasteiger partial charge is 0.347 e. The van der Waals surface area contributed by atoms with Gasteiger partial charge in [0.2, 0.25) is 5.91 Å². The molecule has 0 aromatic carbocycles. The molecule has 2 atom stereocenters. The van der Waals surface area contributed by atoms with Crippen LogP contribution in [-0.2, 0) is 4.79 Å². The van der Waals surface area contributed by atoms with Crippen LogP contribution in [0.5, 0.6) is 0 Å². The van der Waals surface area contributed by atoms with Crippen LogP contribution >= 0.6 is 0 Å². The molecule has 0 spiro atoms. The molecule has 0 saturated carbocycles. The molecule has 1 aliphatic heterocycles. The second kappa shape index (κ2) is 5.79. The summed E-state index contributed by atoms with van der Waals surface area (Å²) in [5.74, 6) is 1.45. The first kappa shape index (κ1) is 13.4. The van der Waals surface area contributed by atoms with Gasteiger partial charge in [0, 0.05) is 37.9 Å². The molecule has 1 fully saturated rings. The van der Waals surface area contributed by atoms with Crippen molar-refractivity contribution in [3.8, 4) is 0 Å². The van der Waals surface area contributed by atoms with Gasteiger partial charge in [-0.1, -0.05) is 12.2 Å². The van der Waals surface area contributed by atoms with Crippen molar-refractivity contribution in [2.45, 2.75) is 25.3 Å². The zero-order valence-electron chi connectivity index (χ0n) is 12.0. The molecule has 1 amide bonds. The highest BCUT2D eigenvalue weighted by Gasteiger charge is 2.32. The summed E-state index contributed by atoms with van der Waals surface area (Å²) < 4.78 is 0. The second-order valence-electron chi connectivity index (χ2n) is 5.74. The molecule has 5 heteroatoms. The summed E-state index contributed by atoms with van der Waals surface area (Å²) in [5, 5.41) is 0. The summed E-state index contributed by atoms with van der Waals surface area (Å²) >= 11 is 0. The molecule has 1 saturated heterocycles. The summed E-state index contributed by atoms with van der Waals surface area (Å²) in [6.07, 6.45) is 10.9. The first-order valence-corrected chi connectivity index (χ1v) is 7.39. The van der Waals surface area contributed by atoms with Crippen molar-refractivity contribution < 1.29 is 4.79 Å². The average molecular weight is 274 g/mol. The third-order valence-electron chi connectivity index (χ3n) is 4.41. The number of imidazole rings is 1. The Labute approximate surface area is 119 Å². The molecule has 0 radical (unpaired) electrons. The molecule has 0 bridgehead atoms. The van der Waals surface area contributed by atoms with Crippen molar-refractivity contribution in [3.63, 3.8) is 0 Å². The molecule has 20 heavy (non-hydrogen) atoms. The maximum atomic E-state index is 12.6. The van der Waals surface area contributed by atoms with Gasteiger partial charge in [-0.2, -0.15) is 0 Å². The van der Waals surface area contributed by atoms with Crippen LogP contribution in [0.15, 0.2) is 24.5 Å². The van der Waals surface area contributed by atoms with Gasteiger partial charge in [-0.25, -0.2) is 4.98 Å². The molecule has 1 aromatic rings. The number of carbonyl (C=O) groups excluding carboxylic acids is 1. The molecular formula is C15H22N4O. The molecule has 0 unspecified atom stereocenters. The zero-order valence-corrected chi connectivity index (χ0v) is 12.0. The SMILES string of the molecule is CN1CCN(C(=O)[C@H]2CC=CCC2)C[C@@H]1c1ncc[nH]1. The first-order valence-electron chi connectivity index (χ1n) is 7.39. The highest BCUT2D eigenvalue weighted by molar-refractivity contribution is 5.79. The van der Waals surface area contributed by atoms with Crippen molar-refractivity contribution in [2.75, 3.05) is 26.7 Å². The number of aromatic nitrogens is 2. The van der Waals surface area contributed by atoms with Crippen LogP contribution in [0.1, 0.15) is 31.1 Å². The van der Waals surface area contributed by atoms with Crippen molar-refractivity contribution in [1.29, 1.82) is 0 Å². The number of piperazine rings is 1. The molecule has 3 rings (SSSR count). The van der Waals surface area contributed by atoms with E-state index in [9.17, 15) is 4.79 Å². The van der Waals surface area contributed by atoms with Gasteiger partial charge in [-0.15, -0.1) is 0 Å². The Morgan fingerprint density at radius 3 is 3.00 bits per heavy atom. The molecule has 108 valence electrons. The molecule has 1 N–H and O–H groups in total. The van der Waals surface area contributed by atoms with E-state index >= 15 is 0 Å². The van der Waals surface area contributed by atoms with Gasteiger partial charge >= 0.3 is 0 Å². The number of hydrogen-bond donors (Lipinski definition) is 1. The van der Waals surface area contributed by atoms with Crippen LogP contribution in [0.25, 0.3) is 0 Å². The fraction of sp³-hybridized carbons (Fsp3) is 0.600. The van der Waals surface area contributed by atoms with Crippen molar-refractivity contribution in [3.05, 3.63) is 30.4 Å². The van der Waals surface area contributed by atoms with E-state index in [1.807, 2.05) is 11.1 Å². The van der Waals surface area contributed by atoms with E-state index in [0.717, 1.165) is 44.7 Å². The van der Waals surface area contributed by atoms with Crippen LogP contribution in [0.3, 0.4) is 0 Å². The minimum absolute atomic E-state index is 0.181. The van der Waals surface area contributed by atoms with Crippen molar-refractivity contribution in [2.24, 2.45) is 5.92 Å². The number of allylic oxidation sites excluding steroid dienone is 2. The lowest BCUT2D eigenvalue weighted by molar-refractivity contribution is -0.138. The van der Waals surface area contributed by atoms with Gasteiger partial charge in [0.25, 0.3) is 0 Å². The summed E-state index contributed by atoms with van der Waals surface area (Å²) in [6.45, 7) is 2.47. The maximum absolute atomic E-state index is 12.6. The van der Waals surface area contributed by atoms with Gasteiger partial charge < -0.3 is 9.88 Å². The topological polar surface area (TPSA) is 52.2 Å². The van der Waals surface area contributed by atoms with Crippen LogP contribution in [0, 0.1) is 5.92 Å². The number of likely N-dealkylation sites (N-methyl/N-ethyl adjacent to an activating group) is 1. The normalized spacial score (nSPS) is 27.8. The summed E-state index contributed by atoms with van der Waals surface area (Å²) in [4.78, 5) is 24.4. The second-order valence-corrected chi connectivity index (χ2v) is 5.74. The lowest BCUT2D eigenvalue weighted by atomic mass is 9.92. The van der Waals surface area contributed by atoms with Crippen molar-refractivity contribution in [1.82, 2.24) is 19.8 Å². The van der Waals surface area contributed by atoms with Crippen LogP contribution in [0.4, 0.5) is 0 Å². The van der Waals surface area contributed by atoms with E-state index in [4.69, 9.17) is 0 Å². The van der Waals surface area contributed by atoms with E-state index in [1.165, 1.54) is 0 Å². The zero-order chi connectivity index (χ0) is 13.9. The molecule has 2 aliphatic rings. The Balaban J connectivity index is 1.68. The lowest BCUT2D eigenvalue weighted by Crippen LogP contribution is -2.51. The first-order chi connectivity index (χ1) is 9.75. The van der Waals surface area contributed by atoms with Crippen LogP contribution in [0.2, 0.25) is 0 Å². The Kier molecular flexibility index (Phi) is 3.87. The van der Waals surface area contributed by atoms with E-state index in [1.54, 1.807) is 6.20 Å². The number of nitrogens with one attached hydrogen (secondary N) is 1. The summed E-state index contributed by atoms with van der Waals surface area (Å²) in [5.41, 5.74) is 0. The predicted octanol–water partition coefficient (Wildman–Crippen LogP) is 1.58. The number of amides is 1. The Morgan fingerprint density at radius 1 is 1.40 bits per heavy atom. The van der Waals surface area contributed by atoms with E-state index < -0.39 is 0 Å². The molecule has 1 aliphatic carbocycles. The average Bonchev–Trinajstić information content (AvgIpc) is 3.02. The molecule has 2 heterocycles. The molecule has 5 nitrogen and oxygen atoms in total. The summed E-state index contributed by atoms with van der Waals surface area (Å²) in [6, 6.07) is 0.182. The predicted molar refractivity (Wildman–Crippen MR) is 77.0 cm³/mol. The number of nitrogens with zero attached hydrogens (tertiary/aromatic N) is 3. The third-order valence-corrected chi connectivity index (χ3v) is 4.41. The fourth-order valence-corrected chi connectivity index (χ4v) is 3.10. The Morgan fingerprint density at radius 2 is 2.30 bits per heavy atom. The molecule has 1 aromatic heterocycles. The smallest absolute Gasteiger partial charge is 0.226 e. The highest BCUT2D eigenvalue weighted by atomic mass is 16.2. The third kappa shape index (κ3) is 2.63. The minimum atomic E-state index is 0.181. The highest BCUT2D eigenvalue weighted by Crippen LogP contribution is 2.25. The number of carbonyl (C=O) groups is 1. The quantitative estimate of drug-likeness (QED) is 0.833. The van der Waals surface area contributed by atoms with Crippen LogP contribution in [-0.4, -0.2) is 52.4 Å².